The summed E-state index contributed by atoms with van der Waals surface area (Å²) in [5, 5.41) is 15.3. The van der Waals surface area contributed by atoms with E-state index in [4.69, 9.17) is 0 Å². The van der Waals surface area contributed by atoms with Gasteiger partial charge in [-0.3, -0.25) is 19.8 Å². The second-order valence-corrected chi connectivity index (χ2v) is 6.63. The third kappa shape index (κ3) is 3.98. The first-order valence-electron chi connectivity index (χ1n) is 7.87. The maximum Gasteiger partial charge on any atom is 0.273 e. The molecule has 7 heteroatoms. The molecule has 0 bridgehead atoms. The second-order valence-electron chi connectivity index (χ2n) is 5.85. The molecule has 0 unspecified atom stereocenters. The summed E-state index contributed by atoms with van der Waals surface area (Å²) >= 11 is 1.69. The molecule has 1 amide bonds. The van der Waals surface area contributed by atoms with Crippen molar-refractivity contribution in [3.05, 3.63) is 62.3 Å². The molecule has 0 spiro atoms. The van der Waals surface area contributed by atoms with Crippen molar-refractivity contribution in [3.63, 3.8) is 0 Å². The number of carbonyl (C=O) groups excluding carboxylic acids is 1. The van der Waals surface area contributed by atoms with Gasteiger partial charge in [0, 0.05) is 44.4 Å². The average Bonchev–Trinajstić information content (AvgIpc) is 3.09. The molecule has 1 aliphatic heterocycles. The van der Waals surface area contributed by atoms with Crippen molar-refractivity contribution < 1.29 is 9.72 Å². The van der Waals surface area contributed by atoms with E-state index in [1.54, 1.807) is 34.4 Å². The molecule has 0 atom stereocenters. The first-order valence-corrected chi connectivity index (χ1v) is 8.81. The van der Waals surface area contributed by atoms with Gasteiger partial charge in [0.1, 0.15) is 0 Å². The number of rotatable bonds is 5. The van der Waals surface area contributed by atoms with Gasteiger partial charge in [-0.15, -0.1) is 0 Å². The van der Waals surface area contributed by atoms with Gasteiger partial charge in [-0.2, -0.15) is 11.3 Å². The fraction of sp³-hybridized carbons (Fsp3) is 0.353. The van der Waals surface area contributed by atoms with E-state index in [1.807, 2.05) is 0 Å². The minimum atomic E-state index is -0.429. The number of amides is 1. The van der Waals surface area contributed by atoms with Gasteiger partial charge >= 0.3 is 0 Å². The van der Waals surface area contributed by atoms with Crippen molar-refractivity contribution in [2.75, 3.05) is 26.2 Å². The normalized spacial score (nSPS) is 15.4. The monoisotopic (exact) mass is 345 g/mol. The lowest BCUT2D eigenvalue weighted by molar-refractivity contribution is -0.385. The summed E-state index contributed by atoms with van der Waals surface area (Å²) in [5.41, 5.74) is 1.80. The minimum absolute atomic E-state index is 0.0157. The van der Waals surface area contributed by atoms with Crippen LogP contribution in [0.4, 0.5) is 5.69 Å². The van der Waals surface area contributed by atoms with Crippen molar-refractivity contribution in [1.82, 2.24) is 9.80 Å². The molecule has 2 aromatic rings. The van der Waals surface area contributed by atoms with E-state index >= 15 is 0 Å². The molecule has 1 aliphatic rings. The number of nitrogens with zero attached hydrogens (tertiary/aromatic N) is 3. The van der Waals surface area contributed by atoms with Crippen LogP contribution >= 0.6 is 11.3 Å². The molecular formula is C17H19N3O3S. The molecule has 6 nitrogen and oxygen atoms in total. The number of para-hydroxylation sites is 1. The first kappa shape index (κ1) is 16.6. The predicted octanol–water partition coefficient (Wildman–Crippen LogP) is 2.54. The molecule has 126 valence electrons. The second kappa shape index (κ2) is 7.55. The molecule has 1 fully saturated rings. The van der Waals surface area contributed by atoms with Crippen molar-refractivity contribution in [2.45, 2.75) is 13.0 Å². The van der Waals surface area contributed by atoms with E-state index < -0.39 is 4.92 Å². The summed E-state index contributed by atoms with van der Waals surface area (Å²) in [7, 11) is 0. The quantitative estimate of drug-likeness (QED) is 0.617. The number of piperazine rings is 1. The van der Waals surface area contributed by atoms with Crippen molar-refractivity contribution in [2.24, 2.45) is 0 Å². The molecule has 1 saturated heterocycles. The fourth-order valence-electron chi connectivity index (χ4n) is 2.91. The van der Waals surface area contributed by atoms with E-state index in [9.17, 15) is 14.9 Å². The van der Waals surface area contributed by atoms with Crippen LogP contribution in [-0.2, 0) is 17.8 Å². The van der Waals surface area contributed by atoms with E-state index in [-0.39, 0.29) is 18.0 Å². The number of nitro benzene ring substituents is 1. The van der Waals surface area contributed by atoms with E-state index in [1.165, 1.54) is 11.6 Å². The maximum absolute atomic E-state index is 12.5. The summed E-state index contributed by atoms with van der Waals surface area (Å²) in [6.07, 6.45) is 0.0850. The van der Waals surface area contributed by atoms with Crippen molar-refractivity contribution >= 4 is 22.9 Å². The molecule has 0 N–H and O–H groups in total. The first-order chi connectivity index (χ1) is 11.6. The predicted molar refractivity (Wildman–Crippen MR) is 93.0 cm³/mol. The smallest absolute Gasteiger partial charge is 0.273 e. The highest BCUT2D eigenvalue weighted by Crippen LogP contribution is 2.19. The Morgan fingerprint density at radius 2 is 1.92 bits per heavy atom. The summed E-state index contributed by atoms with van der Waals surface area (Å²) < 4.78 is 0. The third-order valence-corrected chi connectivity index (χ3v) is 4.97. The number of carbonyl (C=O) groups is 1. The van der Waals surface area contributed by atoms with Crippen LogP contribution < -0.4 is 0 Å². The van der Waals surface area contributed by atoms with Gasteiger partial charge in [0.05, 0.1) is 11.3 Å². The van der Waals surface area contributed by atoms with E-state index in [2.05, 4.69) is 21.7 Å². The molecule has 0 radical (unpaired) electrons. The number of benzene rings is 1. The number of thiophene rings is 1. The SMILES string of the molecule is O=C(Cc1ccccc1[N+](=O)[O-])N1CCN(Cc2ccsc2)CC1. The molecular weight excluding hydrogens is 326 g/mol. The zero-order valence-electron chi connectivity index (χ0n) is 13.3. The number of nitro groups is 1. The van der Waals surface area contributed by atoms with Gasteiger partial charge in [-0.1, -0.05) is 18.2 Å². The van der Waals surface area contributed by atoms with Gasteiger partial charge in [-0.25, -0.2) is 0 Å². The summed E-state index contributed by atoms with van der Waals surface area (Å²) in [6, 6.07) is 8.57. The van der Waals surface area contributed by atoms with Crippen molar-refractivity contribution in [3.8, 4) is 0 Å². The van der Waals surface area contributed by atoms with Crippen LogP contribution in [0.15, 0.2) is 41.1 Å². The van der Waals surface area contributed by atoms with Gasteiger partial charge in [0.2, 0.25) is 5.91 Å². The molecule has 0 aliphatic carbocycles. The summed E-state index contributed by atoms with van der Waals surface area (Å²) in [5.74, 6) is -0.0421. The minimum Gasteiger partial charge on any atom is -0.340 e. The Morgan fingerprint density at radius 3 is 2.58 bits per heavy atom. The van der Waals surface area contributed by atoms with Crippen LogP contribution in [0.5, 0.6) is 0 Å². The lowest BCUT2D eigenvalue weighted by Gasteiger charge is -2.34. The topological polar surface area (TPSA) is 66.7 Å². The third-order valence-electron chi connectivity index (χ3n) is 4.24. The molecule has 1 aromatic heterocycles. The van der Waals surface area contributed by atoms with Gasteiger partial charge < -0.3 is 4.90 Å². The Hall–Kier alpha value is -2.25. The Labute approximate surface area is 144 Å². The fourth-order valence-corrected chi connectivity index (χ4v) is 3.57. The highest BCUT2D eigenvalue weighted by Gasteiger charge is 2.23. The highest BCUT2D eigenvalue weighted by atomic mass is 32.1. The zero-order valence-corrected chi connectivity index (χ0v) is 14.1. The number of hydrogen-bond acceptors (Lipinski definition) is 5. The molecule has 1 aromatic carbocycles. The summed E-state index contributed by atoms with van der Waals surface area (Å²) in [4.78, 5) is 27.2. The highest BCUT2D eigenvalue weighted by molar-refractivity contribution is 7.07. The van der Waals surface area contributed by atoms with Crippen LogP contribution in [-0.4, -0.2) is 46.8 Å². The van der Waals surface area contributed by atoms with Crippen molar-refractivity contribution in [1.29, 1.82) is 0 Å². The Kier molecular flexibility index (Phi) is 5.22. The maximum atomic E-state index is 12.5. The van der Waals surface area contributed by atoms with Crippen LogP contribution in [0, 0.1) is 10.1 Å². The summed E-state index contributed by atoms with van der Waals surface area (Å²) in [6.45, 7) is 3.92. The number of hydrogen-bond donors (Lipinski definition) is 0. The molecule has 24 heavy (non-hydrogen) atoms. The lowest BCUT2D eigenvalue weighted by Crippen LogP contribution is -2.48. The van der Waals surface area contributed by atoms with Crippen LogP contribution in [0.1, 0.15) is 11.1 Å². The van der Waals surface area contributed by atoms with Gasteiger partial charge in [0.25, 0.3) is 5.69 Å². The van der Waals surface area contributed by atoms with Crippen LogP contribution in [0.3, 0.4) is 0 Å². The van der Waals surface area contributed by atoms with E-state index in [0.717, 1.165) is 19.6 Å². The zero-order chi connectivity index (χ0) is 16.9. The average molecular weight is 345 g/mol. The van der Waals surface area contributed by atoms with E-state index in [0.29, 0.717) is 18.7 Å². The van der Waals surface area contributed by atoms with Gasteiger partial charge in [-0.05, 0) is 22.4 Å². The Morgan fingerprint density at radius 1 is 1.17 bits per heavy atom. The Bertz CT molecular complexity index is 710. The van der Waals surface area contributed by atoms with Crippen LogP contribution in [0.2, 0.25) is 0 Å². The largest absolute Gasteiger partial charge is 0.340 e. The van der Waals surface area contributed by atoms with Crippen LogP contribution in [0.25, 0.3) is 0 Å². The van der Waals surface area contributed by atoms with Gasteiger partial charge in [0.15, 0.2) is 0 Å². The molecule has 2 heterocycles. The standard InChI is InChI=1S/C17H19N3O3S/c21-17(11-15-3-1-2-4-16(15)20(22)23)19-8-6-18(7-9-19)12-14-5-10-24-13-14/h1-5,10,13H,6-9,11-12H2. The molecule has 0 saturated carbocycles. The lowest BCUT2D eigenvalue weighted by atomic mass is 10.1. The Balaban J connectivity index is 1.55. The molecule has 3 rings (SSSR count).